The number of aliphatic hydroxyl groups excluding tert-OH is 1. The van der Waals surface area contributed by atoms with E-state index in [0.29, 0.717) is 30.7 Å². The lowest BCUT2D eigenvalue weighted by Gasteiger charge is -2.17. The summed E-state index contributed by atoms with van der Waals surface area (Å²) in [5, 5.41) is 13.9. The fourth-order valence-corrected chi connectivity index (χ4v) is 1.85. The first-order chi connectivity index (χ1) is 10.0. The monoisotopic (exact) mass is 503 g/mol. The van der Waals surface area contributed by atoms with E-state index in [1.54, 1.807) is 0 Å². The molecule has 0 saturated carbocycles. The van der Waals surface area contributed by atoms with E-state index in [-0.39, 0.29) is 28.4 Å². The Bertz CT molecular complexity index is 407. The molecular formula is C15H24Br3NO3. The Morgan fingerprint density at radius 2 is 1.68 bits per heavy atom. The van der Waals surface area contributed by atoms with Gasteiger partial charge in [-0.05, 0) is 12.1 Å². The maximum absolute atomic E-state index is 9.86. The lowest BCUT2D eigenvalue weighted by Crippen LogP contribution is -2.35. The van der Waals surface area contributed by atoms with Crippen LogP contribution in [0.1, 0.15) is 13.8 Å². The Kier molecular flexibility index (Phi) is 12.7. The smallest absolute Gasteiger partial charge is 0.161 e. The van der Waals surface area contributed by atoms with Crippen molar-refractivity contribution in [1.82, 2.24) is 5.32 Å². The number of benzene rings is 1. The standard InChI is InChI=1S/C15H23Br2NO3.BrH/c1-11(2)18-8-13(19)10-21-15-6-4-3-5-14(15)20-9-12(17)7-16;/h3-6,11-13,18-19H,7-10H2,1-2H3;1H. The number of hydrogen-bond acceptors (Lipinski definition) is 4. The van der Waals surface area contributed by atoms with Crippen LogP contribution in [0.15, 0.2) is 24.3 Å². The van der Waals surface area contributed by atoms with E-state index >= 15 is 0 Å². The third-order valence-corrected chi connectivity index (χ3v) is 4.87. The average Bonchev–Trinajstić information content (AvgIpc) is 2.49. The van der Waals surface area contributed by atoms with Crippen molar-refractivity contribution < 1.29 is 14.6 Å². The molecule has 0 radical (unpaired) electrons. The topological polar surface area (TPSA) is 50.7 Å². The zero-order valence-corrected chi connectivity index (χ0v) is 17.7. The maximum Gasteiger partial charge on any atom is 0.161 e. The number of ether oxygens (including phenoxy) is 2. The SMILES string of the molecule is Br.CC(C)NCC(O)COc1ccccc1OCC(Br)CBr. The molecule has 0 bridgehead atoms. The number of nitrogens with one attached hydrogen (secondary N) is 1. The normalized spacial score (nSPS) is 13.4. The lowest BCUT2D eigenvalue weighted by atomic mass is 10.3. The fourth-order valence-electron chi connectivity index (χ4n) is 1.53. The molecule has 0 saturated heterocycles. The molecule has 0 fully saturated rings. The minimum Gasteiger partial charge on any atom is -0.489 e. The van der Waals surface area contributed by atoms with Crippen LogP contribution >= 0.6 is 48.8 Å². The molecule has 0 aliphatic rings. The molecule has 1 aromatic carbocycles. The molecule has 128 valence electrons. The quantitative estimate of drug-likeness (QED) is 0.478. The van der Waals surface area contributed by atoms with Gasteiger partial charge in [0.05, 0.1) is 4.83 Å². The van der Waals surface area contributed by atoms with Gasteiger partial charge in [-0.25, -0.2) is 0 Å². The second-order valence-corrected chi connectivity index (χ2v) is 6.98. The second kappa shape index (κ2) is 12.6. The van der Waals surface area contributed by atoms with E-state index in [4.69, 9.17) is 9.47 Å². The van der Waals surface area contributed by atoms with Gasteiger partial charge in [-0.15, -0.1) is 17.0 Å². The van der Waals surface area contributed by atoms with Gasteiger partial charge in [0.25, 0.3) is 0 Å². The number of alkyl halides is 2. The van der Waals surface area contributed by atoms with Crippen molar-refractivity contribution in [2.45, 2.75) is 30.8 Å². The van der Waals surface area contributed by atoms with Crippen LogP contribution in [0.5, 0.6) is 11.5 Å². The minimum atomic E-state index is -0.549. The summed E-state index contributed by atoms with van der Waals surface area (Å²) in [6.45, 7) is 5.36. The van der Waals surface area contributed by atoms with E-state index in [1.165, 1.54) is 0 Å². The molecule has 1 aromatic rings. The highest BCUT2D eigenvalue weighted by Gasteiger charge is 2.10. The van der Waals surface area contributed by atoms with Crippen LogP contribution in [0.2, 0.25) is 0 Å². The van der Waals surface area contributed by atoms with E-state index in [0.717, 1.165) is 5.33 Å². The molecular weight excluding hydrogens is 482 g/mol. The average molecular weight is 506 g/mol. The molecule has 7 heteroatoms. The number of hydrogen-bond donors (Lipinski definition) is 2. The molecule has 2 unspecified atom stereocenters. The third-order valence-electron chi connectivity index (χ3n) is 2.63. The van der Waals surface area contributed by atoms with E-state index < -0.39 is 6.10 Å². The molecule has 2 N–H and O–H groups in total. The molecule has 1 rings (SSSR count). The Morgan fingerprint density at radius 3 is 2.18 bits per heavy atom. The van der Waals surface area contributed by atoms with Crippen molar-refractivity contribution in [2.75, 3.05) is 25.1 Å². The summed E-state index contributed by atoms with van der Waals surface area (Å²) >= 11 is 6.88. The molecule has 0 heterocycles. The molecule has 2 atom stereocenters. The lowest BCUT2D eigenvalue weighted by molar-refractivity contribution is 0.102. The summed E-state index contributed by atoms with van der Waals surface area (Å²) in [6, 6.07) is 7.83. The summed E-state index contributed by atoms with van der Waals surface area (Å²) in [4.78, 5) is 0.242. The van der Waals surface area contributed by atoms with Gasteiger partial charge in [0.2, 0.25) is 0 Å². The first-order valence-electron chi connectivity index (χ1n) is 6.99. The van der Waals surface area contributed by atoms with E-state index in [9.17, 15) is 5.11 Å². The second-order valence-electron chi connectivity index (χ2n) is 5.04. The van der Waals surface area contributed by atoms with Gasteiger partial charge in [-0.2, -0.15) is 0 Å². The Hall–Kier alpha value is 0.180. The first kappa shape index (κ1) is 22.2. The molecule has 0 aliphatic carbocycles. The van der Waals surface area contributed by atoms with Gasteiger partial charge in [0.15, 0.2) is 11.5 Å². The van der Waals surface area contributed by atoms with E-state index in [2.05, 4.69) is 37.2 Å². The number of aliphatic hydroxyl groups is 1. The van der Waals surface area contributed by atoms with Gasteiger partial charge in [0.1, 0.15) is 19.3 Å². The van der Waals surface area contributed by atoms with Crippen LogP contribution < -0.4 is 14.8 Å². The molecule has 0 amide bonds. The van der Waals surface area contributed by atoms with E-state index in [1.807, 2.05) is 38.1 Å². The maximum atomic E-state index is 9.86. The van der Waals surface area contributed by atoms with Crippen LogP contribution in [0.25, 0.3) is 0 Å². The summed E-state index contributed by atoms with van der Waals surface area (Å²) in [7, 11) is 0. The summed E-state index contributed by atoms with van der Waals surface area (Å²) < 4.78 is 11.4. The van der Waals surface area contributed by atoms with Gasteiger partial charge in [-0.3, -0.25) is 0 Å². The highest BCUT2D eigenvalue weighted by atomic mass is 79.9. The Morgan fingerprint density at radius 1 is 1.14 bits per heavy atom. The predicted octanol–water partition coefficient (Wildman–Crippen LogP) is 3.54. The highest BCUT2D eigenvalue weighted by molar-refractivity contribution is 9.12. The van der Waals surface area contributed by atoms with Crippen LogP contribution in [0.4, 0.5) is 0 Å². The molecule has 22 heavy (non-hydrogen) atoms. The zero-order chi connectivity index (χ0) is 15.7. The van der Waals surface area contributed by atoms with Gasteiger partial charge in [0, 0.05) is 17.9 Å². The molecule has 4 nitrogen and oxygen atoms in total. The predicted molar refractivity (Wildman–Crippen MR) is 103 cm³/mol. The summed E-state index contributed by atoms with van der Waals surface area (Å²) in [5.41, 5.74) is 0. The number of rotatable bonds is 10. The fraction of sp³-hybridized carbons (Fsp3) is 0.600. The van der Waals surface area contributed by atoms with Gasteiger partial charge >= 0.3 is 0 Å². The van der Waals surface area contributed by atoms with Crippen LogP contribution in [-0.2, 0) is 0 Å². The Balaban J connectivity index is 0.00000441. The highest BCUT2D eigenvalue weighted by Crippen LogP contribution is 2.27. The summed E-state index contributed by atoms with van der Waals surface area (Å²) in [6.07, 6.45) is -0.549. The molecule has 0 aliphatic heterocycles. The van der Waals surface area contributed by atoms with Crippen molar-refractivity contribution >= 4 is 48.8 Å². The zero-order valence-electron chi connectivity index (χ0n) is 12.8. The van der Waals surface area contributed by atoms with Crippen LogP contribution in [0, 0.1) is 0 Å². The van der Waals surface area contributed by atoms with Crippen molar-refractivity contribution in [3.8, 4) is 11.5 Å². The van der Waals surface area contributed by atoms with Crippen molar-refractivity contribution in [3.05, 3.63) is 24.3 Å². The van der Waals surface area contributed by atoms with Crippen molar-refractivity contribution in [2.24, 2.45) is 0 Å². The first-order valence-corrected chi connectivity index (χ1v) is 9.02. The number of halogens is 3. The van der Waals surface area contributed by atoms with Crippen LogP contribution in [-0.4, -0.2) is 47.2 Å². The molecule has 0 spiro atoms. The van der Waals surface area contributed by atoms with Gasteiger partial charge in [-0.1, -0.05) is 57.8 Å². The largest absolute Gasteiger partial charge is 0.489 e. The summed E-state index contributed by atoms with van der Waals surface area (Å²) in [5.74, 6) is 1.34. The van der Waals surface area contributed by atoms with Crippen molar-refractivity contribution in [3.63, 3.8) is 0 Å². The third kappa shape index (κ3) is 9.35. The Labute approximate surface area is 160 Å². The number of para-hydroxylation sites is 2. The van der Waals surface area contributed by atoms with Crippen LogP contribution in [0.3, 0.4) is 0 Å². The minimum absolute atomic E-state index is 0. The van der Waals surface area contributed by atoms with Crippen molar-refractivity contribution in [1.29, 1.82) is 0 Å². The molecule has 0 aromatic heterocycles. The van der Waals surface area contributed by atoms with Gasteiger partial charge < -0.3 is 19.9 Å².